The Morgan fingerprint density at radius 1 is 1.13 bits per heavy atom. The van der Waals surface area contributed by atoms with Crippen molar-refractivity contribution in [3.05, 3.63) is 64.2 Å². The molecule has 1 amide bonds. The highest BCUT2D eigenvalue weighted by molar-refractivity contribution is 5.80. The summed E-state index contributed by atoms with van der Waals surface area (Å²) in [5, 5.41) is 0. The second-order valence-electron chi connectivity index (χ2n) is 8.76. The molecule has 5 heteroatoms. The van der Waals surface area contributed by atoms with Crippen LogP contribution in [0.2, 0.25) is 0 Å². The third kappa shape index (κ3) is 6.22. The van der Waals surface area contributed by atoms with Crippen LogP contribution >= 0.6 is 0 Å². The number of pyridine rings is 1. The van der Waals surface area contributed by atoms with E-state index in [2.05, 4.69) is 12.1 Å². The minimum Gasteiger partial charge on any atom is -0.338 e. The van der Waals surface area contributed by atoms with E-state index in [-0.39, 0.29) is 23.9 Å². The molecule has 0 N–H and O–H groups in total. The predicted octanol–water partition coefficient (Wildman–Crippen LogP) is 5.30. The molecule has 0 unspecified atom stereocenters. The molecule has 1 aromatic heterocycles. The number of halogens is 1. The number of aryl methyl sites for hydroxylation is 4. The summed E-state index contributed by atoms with van der Waals surface area (Å²) in [5.74, 6) is -0.362. The van der Waals surface area contributed by atoms with E-state index < -0.39 is 6.04 Å². The van der Waals surface area contributed by atoms with Crippen LogP contribution < -0.4 is 0 Å². The number of rotatable bonds is 9. The van der Waals surface area contributed by atoms with Crippen molar-refractivity contribution in [2.45, 2.75) is 77.7 Å². The summed E-state index contributed by atoms with van der Waals surface area (Å²) in [6.07, 6.45) is 7.79. The average molecular weight is 425 g/mol. The van der Waals surface area contributed by atoms with Crippen molar-refractivity contribution in [2.75, 3.05) is 7.05 Å². The fourth-order valence-corrected chi connectivity index (χ4v) is 4.27. The molecular formula is C26H33FN2O2. The maximum absolute atomic E-state index is 14.1. The summed E-state index contributed by atoms with van der Waals surface area (Å²) in [6, 6.07) is 8.83. The number of nitrogens with zero attached hydrogens (tertiary/aromatic N) is 2. The largest absolute Gasteiger partial charge is 0.338 e. The van der Waals surface area contributed by atoms with E-state index in [1.54, 1.807) is 31.0 Å². The van der Waals surface area contributed by atoms with Crippen molar-refractivity contribution in [2.24, 2.45) is 0 Å². The van der Waals surface area contributed by atoms with E-state index >= 15 is 0 Å². The topological polar surface area (TPSA) is 50.3 Å². The van der Waals surface area contributed by atoms with E-state index in [0.717, 1.165) is 37.8 Å². The Labute approximate surface area is 184 Å². The number of carbonyl (C=O) groups is 2. The van der Waals surface area contributed by atoms with Crippen molar-refractivity contribution < 1.29 is 14.0 Å². The van der Waals surface area contributed by atoms with Crippen LogP contribution in [0.15, 0.2) is 30.3 Å². The molecule has 0 saturated heterocycles. The Bertz CT molecular complexity index is 941. The molecule has 31 heavy (non-hydrogen) atoms. The van der Waals surface area contributed by atoms with Crippen molar-refractivity contribution >= 4 is 11.7 Å². The Morgan fingerprint density at radius 3 is 2.65 bits per heavy atom. The molecule has 1 aliphatic carbocycles. The summed E-state index contributed by atoms with van der Waals surface area (Å²) in [7, 11) is 1.71. The Balaban J connectivity index is 1.55. The van der Waals surface area contributed by atoms with Gasteiger partial charge in [-0.1, -0.05) is 18.2 Å². The van der Waals surface area contributed by atoms with Crippen LogP contribution in [0.5, 0.6) is 0 Å². The molecule has 1 atom stereocenters. The van der Waals surface area contributed by atoms with E-state index in [4.69, 9.17) is 4.98 Å². The lowest BCUT2D eigenvalue weighted by Crippen LogP contribution is -2.32. The fraction of sp³-hybridized carbons (Fsp3) is 0.500. The number of benzene rings is 1. The van der Waals surface area contributed by atoms with Gasteiger partial charge >= 0.3 is 0 Å². The molecule has 166 valence electrons. The van der Waals surface area contributed by atoms with Crippen LogP contribution in [0.3, 0.4) is 0 Å². The van der Waals surface area contributed by atoms with Gasteiger partial charge in [0.05, 0.1) is 6.04 Å². The van der Waals surface area contributed by atoms with Crippen LogP contribution in [0.25, 0.3) is 0 Å². The number of aromatic nitrogens is 1. The van der Waals surface area contributed by atoms with Gasteiger partial charge in [0, 0.05) is 31.3 Å². The zero-order valence-corrected chi connectivity index (χ0v) is 18.9. The first-order valence-corrected chi connectivity index (χ1v) is 11.3. The molecule has 0 radical (unpaired) electrons. The number of hydrogen-bond donors (Lipinski definition) is 0. The lowest BCUT2D eigenvalue weighted by molar-refractivity contribution is -0.133. The Morgan fingerprint density at radius 2 is 1.90 bits per heavy atom. The quantitative estimate of drug-likeness (QED) is 0.513. The van der Waals surface area contributed by atoms with Crippen LogP contribution in [-0.2, 0) is 28.9 Å². The zero-order valence-electron chi connectivity index (χ0n) is 18.9. The van der Waals surface area contributed by atoms with Gasteiger partial charge in [0.1, 0.15) is 11.6 Å². The normalized spacial score (nSPS) is 14.1. The Hall–Kier alpha value is -2.56. The van der Waals surface area contributed by atoms with Crippen molar-refractivity contribution in [1.29, 1.82) is 0 Å². The summed E-state index contributed by atoms with van der Waals surface area (Å²) >= 11 is 0. The lowest BCUT2D eigenvalue weighted by atomic mass is 9.95. The van der Waals surface area contributed by atoms with E-state index in [1.165, 1.54) is 37.1 Å². The first kappa shape index (κ1) is 23.1. The van der Waals surface area contributed by atoms with Gasteiger partial charge in [-0.05, 0) is 87.6 Å². The highest BCUT2D eigenvalue weighted by Crippen LogP contribution is 2.26. The SMILES string of the molecule is CC(=O)C[C@@H](c1ccc(C)c(F)c1)N(C)C(=O)CCCCc1ccc2c(n1)CCCC2. The molecule has 0 spiro atoms. The van der Waals surface area contributed by atoms with Gasteiger partial charge in [-0.25, -0.2) is 4.39 Å². The second kappa shape index (κ2) is 10.7. The molecule has 1 aliphatic rings. The standard InChI is InChI=1S/C26H33FN2O2/c1-18-12-13-21(17-23(18)27)25(16-19(2)30)29(3)26(31)11-7-5-9-22-15-14-20-8-4-6-10-24(20)28-22/h12-15,17,25H,4-11,16H2,1-3H3/t25-/m0/s1. The second-order valence-corrected chi connectivity index (χ2v) is 8.76. The number of hydrogen-bond acceptors (Lipinski definition) is 3. The van der Waals surface area contributed by atoms with Gasteiger partial charge < -0.3 is 4.90 Å². The lowest BCUT2D eigenvalue weighted by Gasteiger charge is -2.28. The first-order valence-electron chi connectivity index (χ1n) is 11.3. The van der Waals surface area contributed by atoms with Crippen LogP contribution in [-0.4, -0.2) is 28.6 Å². The number of Topliss-reactive ketones (excluding diaryl/α,β-unsaturated/α-hetero) is 1. The van der Waals surface area contributed by atoms with Crippen molar-refractivity contribution in [1.82, 2.24) is 9.88 Å². The van der Waals surface area contributed by atoms with Crippen LogP contribution in [0.4, 0.5) is 4.39 Å². The summed E-state index contributed by atoms with van der Waals surface area (Å²) in [4.78, 5) is 31.0. The van der Waals surface area contributed by atoms with Gasteiger partial charge in [0.25, 0.3) is 0 Å². The summed E-state index contributed by atoms with van der Waals surface area (Å²) in [6.45, 7) is 3.20. The summed E-state index contributed by atoms with van der Waals surface area (Å²) in [5.41, 5.74) is 4.95. The molecule has 0 bridgehead atoms. The molecule has 1 heterocycles. The molecule has 0 aliphatic heterocycles. The minimum absolute atomic E-state index is 0.0226. The number of unbranched alkanes of at least 4 members (excludes halogenated alkanes) is 1. The molecule has 0 fully saturated rings. The van der Waals surface area contributed by atoms with Gasteiger partial charge in [-0.15, -0.1) is 0 Å². The smallest absolute Gasteiger partial charge is 0.222 e. The number of carbonyl (C=O) groups excluding carboxylic acids is 2. The highest BCUT2D eigenvalue weighted by Gasteiger charge is 2.23. The zero-order chi connectivity index (χ0) is 22.4. The number of ketones is 1. The molecule has 4 nitrogen and oxygen atoms in total. The van der Waals surface area contributed by atoms with Crippen molar-refractivity contribution in [3.8, 4) is 0 Å². The summed E-state index contributed by atoms with van der Waals surface area (Å²) < 4.78 is 14.1. The van der Waals surface area contributed by atoms with Gasteiger partial charge in [0.15, 0.2) is 0 Å². The molecule has 3 rings (SSSR count). The Kier molecular flexibility index (Phi) is 7.94. The van der Waals surface area contributed by atoms with Gasteiger partial charge in [-0.3, -0.25) is 14.6 Å². The minimum atomic E-state index is -0.442. The maximum Gasteiger partial charge on any atom is 0.222 e. The third-order valence-corrected chi connectivity index (χ3v) is 6.23. The molecule has 0 saturated carbocycles. The predicted molar refractivity (Wildman–Crippen MR) is 120 cm³/mol. The van der Waals surface area contributed by atoms with Crippen molar-refractivity contribution in [3.63, 3.8) is 0 Å². The van der Waals surface area contributed by atoms with Gasteiger partial charge in [0.2, 0.25) is 5.91 Å². The molecular weight excluding hydrogens is 391 g/mol. The van der Waals surface area contributed by atoms with Crippen LogP contribution in [0.1, 0.15) is 79.6 Å². The third-order valence-electron chi connectivity index (χ3n) is 6.23. The van der Waals surface area contributed by atoms with Gasteiger partial charge in [-0.2, -0.15) is 0 Å². The van der Waals surface area contributed by atoms with E-state index in [1.807, 2.05) is 0 Å². The number of fused-ring (bicyclic) bond motifs is 1. The maximum atomic E-state index is 14.1. The molecule has 1 aromatic carbocycles. The van der Waals surface area contributed by atoms with E-state index in [9.17, 15) is 14.0 Å². The average Bonchev–Trinajstić information content (AvgIpc) is 2.76. The molecule has 2 aromatic rings. The first-order chi connectivity index (χ1) is 14.8. The van der Waals surface area contributed by atoms with Crippen LogP contribution in [0, 0.1) is 12.7 Å². The monoisotopic (exact) mass is 424 g/mol. The van der Waals surface area contributed by atoms with E-state index in [0.29, 0.717) is 17.5 Å². The highest BCUT2D eigenvalue weighted by atomic mass is 19.1. The number of amides is 1. The fourth-order valence-electron chi connectivity index (χ4n) is 4.27.